The summed E-state index contributed by atoms with van der Waals surface area (Å²) in [6, 6.07) is 3.43. The topological polar surface area (TPSA) is 51.9 Å². The van der Waals surface area contributed by atoms with Gasteiger partial charge < -0.3 is 14.5 Å². The van der Waals surface area contributed by atoms with Gasteiger partial charge in [0.2, 0.25) is 0 Å². The minimum atomic E-state index is 0.0472. The lowest BCUT2D eigenvalue weighted by Crippen LogP contribution is -2.19. The Hall–Kier alpha value is -2.04. The molecule has 1 N–H and O–H groups in total. The fourth-order valence-corrected chi connectivity index (χ4v) is 2.02. The second-order valence-electron chi connectivity index (χ2n) is 4.47. The predicted molar refractivity (Wildman–Crippen MR) is 76.2 cm³/mol. The van der Waals surface area contributed by atoms with Crippen LogP contribution in [0.25, 0.3) is 0 Å². The van der Waals surface area contributed by atoms with E-state index >= 15 is 0 Å². The number of imidazole rings is 1. The fraction of sp³-hybridized carbons (Fsp3) is 0.429. The van der Waals surface area contributed by atoms with Gasteiger partial charge in [-0.3, -0.25) is 4.79 Å². The van der Waals surface area contributed by atoms with Gasteiger partial charge in [0.15, 0.2) is 0 Å². The number of nitrogens with one attached hydrogen (secondary N) is 1. The van der Waals surface area contributed by atoms with Crippen LogP contribution in [0.2, 0.25) is 0 Å². The second kappa shape index (κ2) is 6.22. The molecule has 0 fully saturated rings. The third-order valence-corrected chi connectivity index (χ3v) is 3.06. The van der Waals surface area contributed by atoms with Gasteiger partial charge in [0.05, 0.1) is 24.3 Å². The summed E-state index contributed by atoms with van der Waals surface area (Å²) in [6.45, 7) is 6.52. The molecule has 0 aliphatic heterocycles. The first kappa shape index (κ1) is 13.4. The quantitative estimate of drug-likeness (QED) is 0.865. The summed E-state index contributed by atoms with van der Waals surface area (Å²) in [5.74, 6) is 0. The van der Waals surface area contributed by atoms with E-state index in [1.807, 2.05) is 24.8 Å². The molecule has 0 aliphatic carbocycles. The first-order chi connectivity index (χ1) is 9.24. The van der Waals surface area contributed by atoms with Crippen molar-refractivity contribution >= 4 is 5.69 Å². The first-order valence-electron chi connectivity index (χ1n) is 6.68. The highest BCUT2D eigenvalue weighted by Crippen LogP contribution is 2.07. The van der Waals surface area contributed by atoms with Gasteiger partial charge in [-0.1, -0.05) is 6.92 Å². The van der Waals surface area contributed by atoms with Crippen molar-refractivity contribution in [3.8, 4) is 0 Å². The molecule has 2 rings (SSSR count). The van der Waals surface area contributed by atoms with Crippen molar-refractivity contribution in [2.45, 2.75) is 39.9 Å². The van der Waals surface area contributed by atoms with Gasteiger partial charge >= 0.3 is 0 Å². The Bertz CT molecular complexity index is 585. The summed E-state index contributed by atoms with van der Waals surface area (Å²) >= 11 is 0. The average molecular weight is 260 g/mol. The zero-order chi connectivity index (χ0) is 13.7. The van der Waals surface area contributed by atoms with E-state index in [4.69, 9.17) is 0 Å². The Morgan fingerprint density at radius 1 is 1.26 bits per heavy atom. The van der Waals surface area contributed by atoms with E-state index in [1.165, 1.54) is 0 Å². The van der Waals surface area contributed by atoms with Crippen LogP contribution in [-0.2, 0) is 19.6 Å². The number of pyridine rings is 1. The van der Waals surface area contributed by atoms with Gasteiger partial charge in [-0.2, -0.15) is 0 Å². The molecule has 19 heavy (non-hydrogen) atoms. The maximum atomic E-state index is 11.6. The highest BCUT2D eigenvalue weighted by Gasteiger charge is 2.01. The minimum absolute atomic E-state index is 0.0472. The van der Waals surface area contributed by atoms with Crippen LogP contribution in [0, 0.1) is 0 Å². The van der Waals surface area contributed by atoms with Gasteiger partial charge in [0.1, 0.15) is 0 Å². The summed E-state index contributed by atoms with van der Waals surface area (Å²) in [7, 11) is 0. The van der Waals surface area contributed by atoms with E-state index in [-0.39, 0.29) is 5.56 Å². The summed E-state index contributed by atoms with van der Waals surface area (Å²) in [4.78, 5) is 15.7. The Labute approximate surface area is 112 Å². The molecule has 0 aliphatic rings. The standard InChI is InChI=1S/C14H20N4O/c1-3-7-18-10-12(5-6-14(18)19)16-9-13-8-15-11-17(13)4-2/h5-6,8,10-11,16H,3-4,7,9H2,1-2H3. The van der Waals surface area contributed by atoms with Crippen LogP contribution >= 0.6 is 0 Å². The van der Waals surface area contributed by atoms with E-state index in [2.05, 4.69) is 28.7 Å². The monoisotopic (exact) mass is 260 g/mol. The lowest BCUT2D eigenvalue weighted by Gasteiger charge is -2.10. The van der Waals surface area contributed by atoms with Crippen LogP contribution in [0.15, 0.2) is 35.6 Å². The Morgan fingerprint density at radius 3 is 2.84 bits per heavy atom. The highest BCUT2D eigenvalue weighted by atomic mass is 16.1. The molecule has 2 aromatic heterocycles. The van der Waals surface area contributed by atoms with Crippen LogP contribution in [0.4, 0.5) is 5.69 Å². The molecule has 5 heteroatoms. The number of hydrogen-bond donors (Lipinski definition) is 1. The van der Waals surface area contributed by atoms with Crippen molar-refractivity contribution < 1.29 is 0 Å². The highest BCUT2D eigenvalue weighted by molar-refractivity contribution is 5.40. The lowest BCUT2D eigenvalue weighted by molar-refractivity contribution is 0.654. The van der Waals surface area contributed by atoms with Gasteiger partial charge in [-0.25, -0.2) is 4.98 Å². The Kier molecular flexibility index (Phi) is 4.39. The molecule has 0 saturated carbocycles. The second-order valence-corrected chi connectivity index (χ2v) is 4.47. The number of nitrogens with zero attached hydrogens (tertiary/aromatic N) is 3. The fourth-order valence-electron chi connectivity index (χ4n) is 2.02. The van der Waals surface area contributed by atoms with Gasteiger partial charge in [0.25, 0.3) is 5.56 Å². The normalized spacial score (nSPS) is 10.6. The largest absolute Gasteiger partial charge is 0.378 e. The summed E-state index contributed by atoms with van der Waals surface area (Å²) in [5, 5.41) is 3.33. The predicted octanol–water partition coefficient (Wildman–Crippen LogP) is 2.09. The molecule has 0 bridgehead atoms. The minimum Gasteiger partial charge on any atom is -0.378 e. The molecule has 0 spiro atoms. The zero-order valence-corrected chi connectivity index (χ0v) is 11.5. The van der Waals surface area contributed by atoms with Crippen molar-refractivity contribution in [3.05, 3.63) is 46.9 Å². The van der Waals surface area contributed by atoms with Crippen molar-refractivity contribution in [1.82, 2.24) is 14.1 Å². The van der Waals surface area contributed by atoms with Gasteiger partial charge in [0, 0.05) is 31.5 Å². The molecule has 0 amide bonds. The lowest BCUT2D eigenvalue weighted by atomic mass is 10.3. The SMILES string of the molecule is CCCn1cc(NCc2cncn2CC)ccc1=O. The Balaban J connectivity index is 2.07. The zero-order valence-electron chi connectivity index (χ0n) is 11.5. The van der Waals surface area contributed by atoms with Gasteiger partial charge in [-0.15, -0.1) is 0 Å². The number of rotatable bonds is 6. The van der Waals surface area contributed by atoms with Crippen LogP contribution in [-0.4, -0.2) is 14.1 Å². The van der Waals surface area contributed by atoms with E-state index in [0.29, 0.717) is 6.54 Å². The summed E-state index contributed by atoms with van der Waals surface area (Å²) in [6.07, 6.45) is 6.51. The number of anilines is 1. The van der Waals surface area contributed by atoms with Crippen LogP contribution < -0.4 is 10.9 Å². The summed E-state index contributed by atoms with van der Waals surface area (Å²) in [5.41, 5.74) is 2.14. The molecule has 5 nitrogen and oxygen atoms in total. The van der Waals surface area contributed by atoms with E-state index in [9.17, 15) is 4.79 Å². The van der Waals surface area contributed by atoms with Crippen LogP contribution in [0.3, 0.4) is 0 Å². The number of hydrogen-bond acceptors (Lipinski definition) is 3. The van der Waals surface area contributed by atoms with E-state index < -0.39 is 0 Å². The molecular formula is C14H20N4O. The smallest absolute Gasteiger partial charge is 0.250 e. The molecule has 102 valence electrons. The summed E-state index contributed by atoms with van der Waals surface area (Å²) < 4.78 is 3.83. The third-order valence-electron chi connectivity index (χ3n) is 3.06. The maximum absolute atomic E-state index is 11.6. The molecule has 0 radical (unpaired) electrons. The molecule has 0 unspecified atom stereocenters. The molecular weight excluding hydrogens is 240 g/mol. The van der Waals surface area contributed by atoms with Crippen molar-refractivity contribution in [2.75, 3.05) is 5.32 Å². The number of aromatic nitrogens is 3. The third kappa shape index (κ3) is 3.24. The van der Waals surface area contributed by atoms with Crippen LogP contribution in [0.5, 0.6) is 0 Å². The van der Waals surface area contributed by atoms with E-state index in [1.54, 1.807) is 10.6 Å². The molecule has 0 aromatic carbocycles. The Morgan fingerprint density at radius 2 is 2.11 bits per heavy atom. The molecule has 0 atom stereocenters. The average Bonchev–Trinajstić information content (AvgIpc) is 2.87. The van der Waals surface area contributed by atoms with E-state index in [0.717, 1.165) is 30.9 Å². The van der Waals surface area contributed by atoms with Crippen molar-refractivity contribution in [3.63, 3.8) is 0 Å². The molecule has 2 heterocycles. The molecule has 0 saturated heterocycles. The number of aryl methyl sites for hydroxylation is 2. The first-order valence-corrected chi connectivity index (χ1v) is 6.68. The van der Waals surface area contributed by atoms with Crippen LogP contribution in [0.1, 0.15) is 26.0 Å². The maximum Gasteiger partial charge on any atom is 0.250 e. The van der Waals surface area contributed by atoms with Gasteiger partial charge in [-0.05, 0) is 19.4 Å². The molecule has 2 aromatic rings. The van der Waals surface area contributed by atoms with Crippen molar-refractivity contribution in [2.24, 2.45) is 0 Å². The van der Waals surface area contributed by atoms with Crippen molar-refractivity contribution in [1.29, 1.82) is 0 Å².